The molecule has 0 spiro atoms. The number of nitrogens with zero attached hydrogens (tertiary/aromatic N) is 6. The molecule has 10 rings (SSSR count). The molecular weight excluding hydrogens is 926 g/mol. The van der Waals surface area contributed by atoms with Gasteiger partial charge in [-0.25, -0.2) is 14.4 Å². The zero-order chi connectivity index (χ0) is 46.7. The van der Waals surface area contributed by atoms with Crippen molar-refractivity contribution < 1.29 is 36.1 Å². The Bertz CT molecular complexity index is 3400. The number of nitrogens with one attached hydrogen (secondary N) is 3. The second-order valence-electron chi connectivity index (χ2n) is 15.6. The number of morpholine rings is 2. The molecule has 2 amide bonds. The van der Waals surface area contributed by atoms with Gasteiger partial charge in [0, 0.05) is 52.4 Å². The molecule has 0 aliphatic carbocycles. The van der Waals surface area contributed by atoms with E-state index in [1.165, 1.54) is 22.7 Å². The number of hydrogen-bond donors (Lipinski definition) is 3. The van der Waals surface area contributed by atoms with Gasteiger partial charge in [0.05, 0.1) is 70.5 Å². The van der Waals surface area contributed by atoms with Crippen LogP contribution in [0, 0.1) is 0 Å². The SMILES string of the molecule is CS(=O)(=O)OCCNC(=O)c1c(=O)c2ccc(N3CCOCC3)nc2n2c1sc1ccccc12.O=C(NCCNCCF)c1c(=O)c2ccc(N3CCOCC3)nc2n2c1sc1ccccc12. The Hall–Kier alpha value is -6.14. The molecule has 6 aromatic heterocycles. The van der Waals surface area contributed by atoms with Gasteiger partial charge in [-0.3, -0.25) is 32.2 Å². The Balaban J connectivity index is 0.000000168. The number of aromatic nitrogens is 4. The van der Waals surface area contributed by atoms with Gasteiger partial charge >= 0.3 is 0 Å². The van der Waals surface area contributed by atoms with E-state index < -0.39 is 34.0 Å². The normalized spacial score (nSPS) is 14.6. The summed E-state index contributed by atoms with van der Waals surface area (Å²) in [5.74, 6) is 0.496. The van der Waals surface area contributed by atoms with Gasteiger partial charge in [-0.1, -0.05) is 24.3 Å². The van der Waals surface area contributed by atoms with Crippen LogP contribution in [-0.4, -0.2) is 137 Å². The molecule has 0 bridgehead atoms. The Kier molecular flexibility index (Phi) is 13.7. The minimum atomic E-state index is -3.62. The van der Waals surface area contributed by atoms with Gasteiger partial charge in [0.25, 0.3) is 21.9 Å². The standard InChI is InChI=1S/C23H24FN5O3S.C22H22N4O6S2/c24-7-8-25-9-10-26-22(31)19-20(30)15-5-6-18(28-11-13-32-14-12-28)27-21(15)29-16-3-1-2-4-17(16)33-23(19)29;1-34(29,30)32-11-8-23-21(28)18-19(27)14-6-7-17(25-9-12-31-13-10-25)24-20(14)26-15-4-2-3-5-16(15)33-22(18)26/h1-6,25H,7-14H2,(H,26,31);2-7H,8-13H2,1H3,(H,23,28). The van der Waals surface area contributed by atoms with Gasteiger partial charge in [0.15, 0.2) is 11.3 Å². The molecule has 67 heavy (non-hydrogen) atoms. The number of carbonyl (C=O) groups excluding carboxylic acids is 2. The number of carbonyl (C=O) groups is 2. The van der Waals surface area contributed by atoms with Crippen molar-refractivity contribution in [3.63, 3.8) is 0 Å². The second-order valence-corrected chi connectivity index (χ2v) is 19.3. The smallest absolute Gasteiger partial charge is 0.264 e. The van der Waals surface area contributed by atoms with E-state index in [2.05, 4.69) is 29.9 Å². The third kappa shape index (κ3) is 9.55. The summed E-state index contributed by atoms with van der Waals surface area (Å²) >= 11 is 2.73. The monoisotopic (exact) mass is 971 g/mol. The van der Waals surface area contributed by atoms with Crippen LogP contribution in [0.25, 0.3) is 52.2 Å². The number of para-hydroxylation sites is 2. The fourth-order valence-electron chi connectivity index (χ4n) is 8.08. The molecule has 22 heteroatoms. The average molecular weight is 972 g/mol. The molecule has 18 nitrogen and oxygen atoms in total. The number of rotatable bonds is 13. The van der Waals surface area contributed by atoms with Crippen LogP contribution in [0.2, 0.25) is 0 Å². The fraction of sp³-hybridized carbons (Fsp3) is 0.333. The minimum Gasteiger partial charge on any atom is -0.378 e. The lowest BCUT2D eigenvalue weighted by Gasteiger charge is -2.27. The van der Waals surface area contributed by atoms with Crippen LogP contribution in [0.5, 0.6) is 0 Å². The van der Waals surface area contributed by atoms with Crippen LogP contribution >= 0.6 is 22.7 Å². The number of anilines is 2. The number of fused-ring (bicyclic) bond motifs is 10. The first kappa shape index (κ1) is 46.0. The predicted molar refractivity (Wildman–Crippen MR) is 259 cm³/mol. The number of pyridine rings is 4. The van der Waals surface area contributed by atoms with Gasteiger partial charge in [-0.15, -0.1) is 22.7 Å². The number of halogens is 1. The molecule has 3 N–H and O–H groups in total. The summed E-state index contributed by atoms with van der Waals surface area (Å²) in [7, 11) is -3.62. The van der Waals surface area contributed by atoms with Gasteiger partial charge in [0.1, 0.15) is 39.1 Å². The van der Waals surface area contributed by atoms with E-state index in [1.54, 1.807) is 18.2 Å². The van der Waals surface area contributed by atoms with Crippen LogP contribution in [0.15, 0.2) is 82.4 Å². The predicted octanol–water partition coefficient (Wildman–Crippen LogP) is 3.79. The van der Waals surface area contributed by atoms with Crippen molar-refractivity contribution >= 4 is 108 Å². The first-order valence-electron chi connectivity index (χ1n) is 21.6. The van der Waals surface area contributed by atoms with Gasteiger partial charge < -0.3 is 35.2 Å². The summed E-state index contributed by atoms with van der Waals surface area (Å²) in [6.45, 7) is 5.56. The molecule has 2 fully saturated rings. The molecule has 2 aliphatic heterocycles. The Morgan fingerprint density at radius 1 is 0.672 bits per heavy atom. The second kappa shape index (κ2) is 20.0. The third-order valence-corrected chi connectivity index (χ3v) is 14.1. The largest absolute Gasteiger partial charge is 0.378 e. The van der Waals surface area contributed by atoms with Crippen molar-refractivity contribution in [3.8, 4) is 0 Å². The maximum absolute atomic E-state index is 13.5. The highest BCUT2D eigenvalue weighted by Gasteiger charge is 2.26. The van der Waals surface area contributed by atoms with Crippen molar-refractivity contribution in [2.24, 2.45) is 0 Å². The number of benzene rings is 2. The Morgan fingerprint density at radius 2 is 1.13 bits per heavy atom. The highest BCUT2D eigenvalue weighted by Crippen LogP contribution is 2.33. The lowest BCUT2D eigenvalue weighted by Crippen LogP contribution is -2.37. The summed E-state index contributed by atoms with van der Waals surface area (Å²) in [5, 5.41) is 9.00. The van der Waals surface area contributed by atoms with E-state index >= 15 is 0 Å². The Labute approximate surface area is 390 Å². The maximum atomic E-state index is 13.5. The highest BCUT2D eigenvalue weighted by atomic mass is 32.2. The molecule has 0 atom stereocenters. The number of amides is 2. The van der Waals surface area contributed by atoms with Gasteiger partial charge in [0.2, 0.25) is 10.9 Å². The van der Waals surface area contributed by atoms with E-state index in [4.69, 9.17) is 19.4 Å². The van der Waals surface area contributed by atoms with Crippen LogP contribution in [0.1, 0.15) is 20.7 Å². The van der Waals surface area contributed by atoms with Crippen molar-refractivity contribution in [1.29, 1.82) is 0 Å². The number of hydrogen-bond acceptors (Lipinski definition) is 16. The Morgan fingerprint density at radius 3 is 1.60 bits per heavy atom. The molecule has 8 heterocycles. The first-order chi connectivity index (χ1) is 32.5. The average Bonchev–Trinajstić information content (AvgIpc) is 3.92. The zero-order valence-corrected chi connectivity index (χ0v) is 38.7. The van der Waals surface area contributed by atoms with E-state index in [1.807, 2.05) is 63.4 Å². The van der Waals surface area contributed by atoms with Crippen LogP contribution < -0.4 is 36.6 Å². The molecule has 350 valence electrons. The topological polar surface area (TPSA) is 207 Å². The van der Waals surface area contributed by atoms with E-state index in [0.29, 0.717) is 84.3 Å². The van der Waals surface area contributed by atoms with E-state index in [9.17, 15) is 32.0 Å². The number of thiazole rings is 2. The molecule has 0 radical (unpaired) electrons. The summed E-state index contributed by atoms with van der Waals surface area (Å²) in [6.07, 6.45) is 0.934. The molecule has 0 unspecified atom stereocenters. The van der Waals surface area contributed by atoms with Crippen LogP contribution in [0.4, 0.5) is 16.0 Å². The summed E-state index contributed by atoms with van der Waals surface area (Å²) in [5.41, 5.74) is 2.09. The van der Waals surface area contributed by atoms with Crippen molar-refractivity contribution in [2.75, 3.05) is 108 Å². The first-order valence-corrected chi connectivity index (χ1v) is 25.0. The van der Waals surface area contributed by atoms with Gasteiger partial charge in [-0.2, -0.15) is 8.42 Å². The lowest BCUT2D eigenvalue weighted by molar-refractivity contribution is 0.0942. The summed E-state index contributed by atoms with van der Waals surface area (Å²) in [6, 6.07) is 22.5. The van der Waals surface area contributed by atoms with Crippen molar-refractivity contribution in [2.45, 2.75) is 0 Å². The molecule has 0 saturated carbocycles. The zero-order valence-electron chi connectivity index (χ0n) is 36.3. The fourth-order valence-corrected chi connectivity index (χ4v) is 10.8. The van der Waals surface area contributed by atoms with Crippen molar-refractivity contribution in [1.82, 2.24) is 34.7 Å². The third-order valence-electron chi connectivity index (χ3n) is 11.2. The van der Waals surface area contributed by atoms with Crippen molar-refractivity contribution in [3.05, 3.63) is 104 Å². The minimum absolute atomic E-state index is 0.00558. The number of ether oxygens (including phenoxy) is 2. The van der Waals surface area contributed by atoms with Crippen LogP contribution in [-0.2, 0) is 23.8 Å². The van der Waals surface area contributed by atoms with Gasteiger partial charge in [-0.05, 0) is 48.5 Å². The maximum Gasteiger partial charge on any atom is 0.264 e. The summed E-state index contributed by atoms with van der Waals surface area (Å²) in [4.78, 5) is 68.1. The highest BCUT2D eigenvalue weighted by molar-refractivity contribution is 7.86. The quantitative estimate of drug-likeness (QED) is 0.111. The van der Waals surface area contributed by atoms with E-state index in [0.717, 1.165) is 51.4 Å². The molecule has 2 saturated heterocycles. The molecule has 2 aromatic carbocycles. The molecule has 8 aromatic rings. The van der Waals surface area contributed by atoms with E-state index in [-0.39, 0.29) is 36.3 Å². The van der Waals surface area contributed by atoms with Crippen LogP contribution in [0.3, 0.4) is 0 Å². The molecule has 2 aliphatic rings. The number of alkyl halides is 1. The molecular formula is C45H46FN9O9S3. The summed E-state index contributed by atoms with van der Waals surface area (Å²) < 4.78 is 55.8. The lowest BCUT2D eigenvalue weighted by atomic mass is 10.1.